The van der Waals surface area contributed by atoms with E-state index in [0.717, 1.165) is 12.2 Å². The zero-order valence-corrected chi connectivity index (χ0v) is 17.7. The van der Waals surface area contributed by atoms with Gasteiger partial charge in [-0.05, 0) is 61.6 Å². The smallest absolute Gasteiger partial charge is 0.160 e. The zero-order chi connectivity index (χ0) is 19.3. The van der Waals surface area contributed by atoms with Crippen molar-refractivity contribution in [2.75, 3.05) is 24.5 Å². The van der Waals surface area contributed by atoms with Gasteiger partial charge in [0.25, 0.3) is 0 Å². The lowest BCUT2D eigenvalue weighted by Crippen LogP contribution is -2.29. The Bertz CT molecular complexity index is 904. The highest BCUT2D eigenvalue weighted by molar-refractivity contribution is 8.14. The number of fused-ring (bicyclic) bond motifs is 1. The quantitative estimate of drug-likeness (QED) is 0.744. The number of thioether (sulfide) groups is 1. The second kappa shape index (κ2) is 7.11. The van der Waals surface area contributed by atoms with E-state index < -0.39 is 0 Å². The molecular formula is C23H28N4S. The number of hydrogen-bond acceptors (Lipinski definition) is 5. The van der Waals surface area contributed by atoms with Crippen LogP contribution in [0.2, 0.25) is 0 Å². The van der Waals surface area contributed by atoms with Crippen LogP contribution < -0.4 is 4.90 Å². The molecule has 0 saturated carbocycles. The van der Waals surface area contributed by atoms with Gasteiger partial charge in [0.05, 0.1) is 11.7 Å². The fraction of sp³-hybridized carbons (Fsp3) is 0.478. The van der Waals surface area contributed by atoms with Crippen molar-refractivity contribution in [2.24, 2.45) is 4.99 Å². The Hall–Kier alpha value is -2.01. The summed E-state index contributed by atoms with van der Waals surface area (Å²) < 4.78 is 0. The third-order valence-electron chi connectivity index (χ3n) is 6.45. The van der Waals surface area contributed by atoms with E-state index in [-0.39, 0.29) is 12.1 Å². The van der Waals surface area contributed by atoms with Crippen molar-refractivity contribution >= 4 is 22.6 Å². The molecule has 4 nitrogen and oxygen atoms in total. The van der Waals surface area contributed by atoms with Crippen LogP contribution in [0.5, 0.6) is 0 Å². The van der Waals surface area contributed by atoms with E-state index >= 15 is 0 Å². The Morgan fingerprint density at radius 3 is 2.61 bits per heavy atom. The van der Waals surface area contributed by atoms with Crippen LogP contribution in [0.15, 0.2) is 41.5 Å². The number of pyridine rings is 1. The summed E-state index contributed by atoms with van der Waals surface area (Å²) in [5.74, 6) is 0. The van der Waals surface area contributed by atoms with Gasteiger partial charge in [0.15, 0.2) is 5.17 Å². The van der Waals surface area contributed by atoms with E-state index in [1.165, 1.54) is 53.5 Å². The van der Waals surface area contributed by atoms with Crippen molar-refractivity contribution in [1.29, 1.82) is 0 Å². The first kappa shape index (κ1) is 18.0. The number of nitrogens with zero attached hydrogens (tertiary/aromatic N) is 4. The summed E-state index contributed by atoms with van der Waals surface area (Å²) in [4.78, 5) is 14.9. The van der Waals surface area contributed by atoms with Gasteiger partial charge in [-0.3, -0.25) is 9.98 Å². The minimum Gasteiger partial charge on any atom is -0.371 e. The number of amidine groups is 1. The van der Waals surface area contributed by atoms with Crippen LogP contribution in [0.3, 0.4) is 0 Å². The molecule has 28 heavy (non-hydrogen) atoms. The average Bonchev–Trinajstić information content (AvgIpc) is 3.41. The summed E-state index contributed by atoms with van der Waals surface area (Å²) in [5, 5.41) is 1.78. The Kier molecular flexibility index (Phi) is 4.58. The second-order valence-corrected chi connectivity index (χ2v) is 9.66. The predicted octanol–water partition coefficient (Wildman–Crippen LogP) is 4.89. The van der Waals surface area contributed by atoms with E-state index in [1.807, 2.05) is 24.0 Å². The summed E-state index contributed by atoms with van der Waals surface area (Å²) >= 11 is 1.91. The molecule has 5 rings (SSSR count). The minimum absolute atomic E-state index is 0.0759. The number of anilines is 1. The van der Waals surface area contributed by atoms with Gasteiger partial charge in [-0.2, -0.15) is 0 Å². The molecule has 2 fully saturated rings. The molecule has 4 heterocycles. The summed E-state index contributed by atoms with van der Waals surface area (Å²) in [6.07, 6.45) is 4.51. The highest BCUT2D eigenvalue weighted by Crippen LogP contribution is 2.49. The van der Waals surface area contributed by atoms with Crippen molar-refractivity contribution in [1.82, 2.24) is 9.88 Å². The topological polar surface area (TPSA) is 31.7 Å². The van der Waals surface area contributed by atoms with Gasteiger partial charge < -0.3 is 9.80 Å². The van der Waals surface area contributed by atoms with Gasteiger partial charge in [-0.1, -0.05) is 30.8 Å². The Morgan fingerprint density at radius 2 is 1.86 bits per heavy atom. The van der Waals surface area contributed by atoms with Gasteiger partial charge in [0.2, 0.25) is 0 Å². The van der Waals surface area contributed by atoms with Crippen LogP contribution >= 0.6 is 11.8 Å². The number of aromatic nitrogens is 1. The average molecular weight is 393 g/mol. The molecule has 3 atom stereocenters. The second-order valence-electron chi connectivity index (χ2n) is 8.25. The zero-order valence-electron chi connectivity index (χ0n) is 16.9. The number of rotatable bonds is 3. The number of hydrogen-bond donors (Lipinski definition) is 0. The molecule has 0 aliphatic carbocycles. The third-order valence-corrected chi connectivity index (χ3v) is 7.55. The molecule has 0 spiro atoms. The predicted molar refractivity (Wildman–Crippen MR) is 118 cm³/mol. The Labute approximate surface area is 172 Å². The lowest BCUT2D eigenvalue weighted by Gasteiger charge is -2.30. The number of aliphatic imine (C=N–C) groups is 1. The van der Waals surface area contributed by atoms with Crippen LogP contribution in [-0.4, -0.2) is 39.9 Å². The molecule has 0 unspecified atom stereocenters. The Balaban J connectivity index is 1.57. The third kappa shape index (κ3) is 2.91. The summed E-state index contributed by atoms with van der Waals surface area (Å²) in [6.45, 7) is 10.3. The largest absolute Gasteiger partial charge is 0.371 e. The molecule has 1 aromatic heterocycles. The normalized spacial score (nSPS) is 26.7. The standard InChI is InChI=1S/C23H28N4S/c1-15-14-27-22(21(25-23(27)28-15)19-8-4-5-11-24-19)18-9-10-20(17(3)16(18)2)26-12-6-7-13-26/h4-5,8-11,15,21-22H,6-7,12-14H2,1-3H3/t15-,21-,22-/m0/s1. The molecule has 0 amide bonds. The van der Waals surface area contributed by atoms with E-state index in [9.17, 15) is 0 Å². The SMILES string of the molecule is Cc1c([C@H]2[C@H](c3ccccn3)N=C3S[C@@H](C)CN32)ccc(N2CCCC2)c1C. The van der Waals surface area contributed by atoms with E-state index in [2.05, 4.69) is 59.8 Å². The first-order valence-corrected chi connectivity index (χ1v) is 11.3. The van der Waals surface area contributed by atoms with Crippen LogP contribution in [0.1, 0.15) is 54.2 Å². The molecule has 5 heteroatoms. The molecule has 2 saturated heterocycles. The molecular weight excluding hydrogens is 364 g/mol. The van der Waals surface area contributed by atoms with Crippen molar-refractivity contribution in [3.8, 4) is 0 Å². The van der Waals surface area contributed by atoms with E-state index in [0.29, 0.717) is 5.25 Å². The molecule has 0 bridgehead atoms. The highest BCUT2D eigenvalue weighted by Gasteiger charge is 2.44. The summed E-state index contributed by atoms with van der Waals surface area (Å²) in [7, 11) is 0. The molecule has 1 aromatic carbocycles. The highest BCUT2D eigenvalue weighted by atomic mass is 32.2. The maximum atomic E-state index is 5.13. The van der Waals surface area contributed by atoms with Crippen molar-refractivity contribution in [3.05, 3.63) is 58.9 Å². The van der Waals surface area contributed by atoms with Gasteiger partial charge in [-0.25, -0.2) is 0 Å². The van der Waals surface area contributed by atoms with Crippen molar-refractivity contribution < 1.29 is 0 Å². The molecule has 0 radical (unpaired) electrons. The molecule has 0 N–H and O–H groups in total. The van der Waals surface area contributed by atoms with Crippen LogP contribution in [0.25, 0.3) is 0 Å². The van der Waals surface area contributed by atoms with Crippen LogP contribution in [0, 0.1) is 13.8 Å². The minimum atomic E-state index is 0.0759. The maximum Gasteiger partial charge on any atom is 0.160 e. The maximum absolute atomic E-state index is 5.13. The summed E-state index contributed by atoms with van der Waals surface area (Å²) in [5.41, 5.74) is 6.73. The molecule has 2 aromatic rings. The number of benzene rings is 1. The van der Waals surface area contributed by atoms with Crippen LogP contribution in [-0.2, 0) is 0 Å². The lowest BCUT2D eigenvalue weighted by atomic mass is 9.90. The first-order chi connectivity index (χ1) is 13.6. The fourth-order valence-corrected chi connectivity index (χ4v) is 6.00. The lowest BCUT2D eigenvalue weighted by molar-refractivity contribution is 0.320. The van der Waals surface area contributed by atoms with Gasteiger partial charge in [-0.15, -0.1) is 0 Å². The monoisotopic (exact) mass is 392 g/mol. The molecule has 3 aliphatic rings. The fourth-order valence-electron chi connectivity index (χ4n) is 4.90. The summed E-state index contributed by atoms with van der Waals surface area (Å²) in [6, 6.07) is 11.2. The van der Waals surface area contributed by atoms with E-state index in [4.69, 9.17) is 4.99 Å². The molecule has 146 valence electrons. The first-order valence-electron chi connectivity index (χ1n) is 10.4. The van der Waals surface area contributed by atoms with Crippen molar-refractivity contribution in [2.45, 2.75) is 50.9 Å². The van der Waals surface area contributed by atoms with Crippen LogP contribution in [0.4, 0.5) is 5.69 Å². The van der Waals surface area contributed by atoms with E-state index in [1.54, 1.807) is 0 Å². The van der Waals surface area contributed by atoms with Gasteiger partial charge in [0, 0.05) is 36.8 Å². The molecule has 3 aliphatic heterocycles. The van der Waals surface area contributed by atoms with Gasteiger partial charge in [0.1, 0.15) is 6.04 Å². The van der Waals surface area contributed by atoms with Gasteiger partial charge >= 0.3 is 0 Å². The Morgan fingerprint density at radius 1 is 1.04 bits per heavy atom. The van der Waals surface area contributed by atoms with Crippen molar-refractivity contribution in [3.63, 3.8) is 0 Å².